The van der Waals surface area contributed by atoms with Gasteiger partial charge in [0, 0.05) is 18.7 Å². The van der Waals surface area contributed by atoms with E-state index in [-0.39, 0.29) is 11.5 Å². The van der Waals surface area contributed by atoms with E-state index in [0.717, 1.165) is 78.5 Å². The summed E-state index contributed by atoms with van der Waals surface area (Å²) in [5, 5.41) is 22.9. The number of anilines is 1. The van der Waals surface area contributed by atoms with Crippen LogP contribution < -0.4 is 15.2 Å². The summed E-state index contributed by atoms with van der Waals surface area (Å²) in [6.45, 7) is 1.15. The van der Waals surface area contributed by atoms with Crippen molar-refractivity contribution in [2.75, 3.05) is 11.9 Å². The van der Waals surface area contributed by atoms with E-state index < -0.39 is 15.9 Å². The molecule has 9 nitrogen and oxygen atoms in total. The predicted octanol–water partition coefficient (Wildman–Crippen LogP) is 2.07. The highest BCUT2D eigenvalue weighted by Crippen LogP contribution is 2.42. The van der Waals surface area contributed by atoms with E-state index in [2.05, 4.69) is 14.8 Å². The number of nitrogens with one attached hydrogen (secondary N) is 1. The van der Waals surface area contributed by atoms with Crippen molar-refractivity contribution in [2.24, 2.45) is 9.50 Å². The van der Waals surface area contributed by atoms with Gasteiger partial charge >= 0.3 is 6.03 Å². The number of ether oxygens (including phenoxy) is 1. The first-order chi connectivity index (χ1) is 14.5. The number of amides is 2. The summed E-state index contributed by atoms with van der Waals surface area (Å²) in [6, 6.07) is -0.738. The largest absolute Gasteiger partial charge is 0.477 e. The molecule has 0 radical (unpaired) electrons. The van der Waals surface area contributed by atoms with Gasteiger partial charge in [-0.1, -0.05) is 0 Å². The third-order valence-electron chi connectivity index (χ3n) is 6.20. The van der Waals surface area contributed by atoms with Crippen LogP contribution in [0, 0.1) is 0 Å². The van der Waals surface area contributed by atoms with E-state index in [1.807, 2.05) is 0 Å². The molecule has 0 bridgehead atoms. The number of rotatable bonds is 3. The summed E-state index contributed by atoms with van der Waals surface area (Å²) in [5.74, 6) is 0.319. The van der Waals surface area contributed by atoms with Gasteiger partial charge in [-0.3, -0.25) is 0 Å². The van der Waals surface area contributed by atoms with Crippen LogP contribution in [0.4, 0.5) is 10.5 Å². The lowest BCUT2D eigenvalue weighted by atomic mass is 9.92. The third-order valence-corrected chi connectivity index (χ3v) is 7.55. The van der Waals surface area contributed by atoms with E-state index in [1.165, 1.54) is 6.20 Å². The molecule has 2 aromatic rings. The van der Waals surface area contributed by atoms with Crippen LogP contribution in [0.1, 0.15) is 47.1 Å². The molecule has 0 spiro atoms. The highest BCUT2D eigenvalue weighted by Gasteiger charge is 2.30. The Bertz CT molecular complexity index is 1130. The van der Waals surface area contributed by atoms with E-state index >= 15 is 0 Å². The van der Waals surface area contributed by atoms with Crippen LogP contribution in [0.15, 0.2) is 15.5 Å². The summed E-state index contributed by atoms with van der Waals surface area (Å²) in [6.07, 6.45) is 7.61. The van der Waals surface area contributed by atoms with Crippen molar-refractivity contribution in [3.05, 3.63) is 34.0 Å². The first-order valence-corrected chi connectivity index (χ1v) is 11.9. The van der Waals surface area contributed by atoms with Crippen molar-refractivity contribution in [3.63, 3.8) is 0 Å². The van der Waals surface area contributed by atoms with Gasteiger partial charge in [0.2, 0.25) is 5.88 Å². The second-order valence-electron chi connectivity index (χ2n) is 7.96. The molecule has 160 valence electrons. The summed E-state index contributed by atoms with van der Waals surface area (Å²) in [7, 11) is -3.50. The zero-order valence-electron chi connectivity index (χ0n) is 16.6. The quantitative estimate of drug-likeness (QED) is 0.684. The van der Waals surface area contributed by atoms with Gasteiger partial charge in [0.1, 0.15) is 4.90 Å². The molecule has 30 heavy (non-hydrogen) atoms. The number of nitrogens with two attached hydrogens (primary N) is 1. The maximum absolute atomic E-state index is 13.1. The SMILES string of the molecule is NS(=O)(=NC(=O)Nc1c2c(c(CO)c3c1CCC3)CCC2)c1cnn2c1OCCC2. The fraction of sp³-hybridized carbons (Fsp3) is 0.500. The van der Waals surface area contributed by atoms with E-state index in [0.29, 0.717) is 19.0 Å². The molecule has 0 saturated carbocycles. The van der Waals surface area contributed by atoms with E-state index in [4.69, 9.17) is 9.88 Å². The number of urea groups is 1. The number of nitrogens with zero attached hydrogens (tertiary/aromatic N) is 3. The molecule has 5 rings (SSSR count). The van der Waals surface area contributed by atoms with Crippen molar-refractivity contribution in [1.82, 2.24) is 9.78 Å². The average molecular weight is 432 g/mol. The first-order valence-electron chi connectivity index (χ1n) is 10.3. The lowest BCUT2D eigenvalue weighted by Crippen LogP contribution is -2.21. The Morgan fingerprint density at radius 1 is 1.20 bits per heavy atom. The minimum absolute atomic E-state index is 0.0205. The Morgan fingerprint density at radius 3 is 2.53 bits per heavy atom. The van der Waals surface area contributed by atoms with Crippen LogP contribution in [0.5, 0.6) is 5.88 Å². The summed E-state index contributed by atoms with van der Waals surface area (Å²) >= 11 is 0. The van der Waals surface area contributed by atoms with Crippen LogP contribution >= 0.6 is 0 Å². The molecule has 2 heterocycles. The van der Waals surface area contributed by atoms with Crippen LogP contribution in [0.25, 0.3) is 0 Å². The Labute approximate surface area is 174 Å². The predicted molar refractivity (Wildman–Crippen MR) is 111 cm³/mol. The summed E-state index contributed by atoms with van der Waals surface area (Å²) in [4.78, 5) is 12.9. The number of benzene rings is 1. The van der Waals surface area contributed by atoms with Gasteiger partial charge in [0.25, 0.3) is 0 Å². The molecule has 2 amide bonds. The van der Waals surface area contributed by atoms with Gasteiger partial charge in [-0.25, -0.2) is 18.8 Å². The number of aromatic nitrogens is 2. The molecule has 1 aromatic carbocycles. The summed E-state index contributed by atoms with van der Waals surface area (Å²) in [5.41, 5.74) is 6.21. The smallest absolute Gasteiger partial charge is 0.354 e. The van der Waals surface area contributed by atoms with Crippen molar-refractivity contribution >= 4 is 21.6 Å². The number of aryl methyl sites for hydroxylation is 1. The highest BCUT2D eigenvalue weighted by atomic mass is 32.2. The second-order valence-corrected chi connectivity index (χ2v) is 9.72. The maximum Gasteiger partial charge on any atom is 0.354 e. The fourth-order valence-corrected chi connectivity index (χ4v) is 5.96. The van der Waals surface area contributed by atoms with Crippen LogP contribution in [-0.2, 0) is 48.7 Å². The molecule has 1 atom stereocenters. The number of hydrogen-bond acceptors (Lipinski definition) is 5. The molecule has 10 heteroatoms. The zero-order chi connectivity index (χ0) is 20.9. The van der Waals surface area contributed by atoms with Crippen molar-refractivity contribution < 1.29 is 18.8 Å². The van der Waals surface area contributed by atoms with Gasteiger partial charge < -0.3 is 15.2 Å². The molecule has 0 fully saturated rings. The van der Waals surface area contributed by atoms with Crippen LogP contribution in [-0.4, -0.2) is 31.7 Å². The molecular formula is C20H25N5O4S. The molecule has 2 aliphatic carbocycles. The van der Waals surface area contributed by atoms with Gasteiger partial charge in [-0.05, 0) is 66.3 Å². The van der Waals surface area contributed by atoms with Crippen molar-refractivity contribution in [1.29, 1.82) is 0 Å². The normalized spacial score (nSPS) is 18.7. The Balaban J connectivity index is 1.51. The number of aliphatic hydroxyl groups excluding tert-OH is 1. The average Bonchev–Trinajstić information content (AvgIpc) is 3.46. The van der Waals surface area contributed by atoms with Gasteiger partial charge in [-0.15, -0.1) is 4.36 Å². The Morgan fingerprint density at radius 2 is 1.87 bits per heavy atom. The zero-order valence-corrected chi connectivity index (χ0v) is 17.5. The first kappa shape index (κ1) is 19.5. The molecule has 3 aliphatic rings. The van der Waals surface area contributed by atoms with Gasteiger partial charge in [0.15, 0.2) is 9.92 Å². The van der Waals surface area contributed by atoms with Crippen LogP contribution in [0.3, 0.4) is 0 Å². The van der Waals surface area contributed by atoms with Gasteiger partial charge in [-0.2, -0.15) is 5.10 Å². The molecule has 0 saturated heterocycles. The highest BCUT2D eigenvalue weighted by molar-refractivity contribution is 7.91. The minimum atomic E-state index is -3.50. The number of carbonyl (C=O) groups is 1. The minimum Gasteiger partial charge on any atom is -0.477 e. The van der Waals surface area contributed by atoms with Gasteiger partial charge in [0.05, 0.1) is 19.4 Å². The van der Waals surface area contributed by atoms with E-state index in [1.54, 1.807) is 4.68 Å². The lowest BCUT2D eigenvalue weighted by Gasteiger charge is -2.19. The molecule has 4 N–H and O–H groups in total. The topological polar surface area (TPSA) is 132 Å². The second kappa shape index (κ2) is 7.36. The molecular weight excluding hydrogens is 406 g/mol. The molecule has 1 unspecified atom stereocenters. The standard InChI is InChI=1S/C20H25N5O4S/c21-30(28,17-10-22-25-8-3-9-29-19(17)25)24-20(27)23-18-14-6-1-4-12(14)16(11-26)13-5-2-7-15(13)18/h10,26H,1-9,11H2,(H3,21,23,24,27,28). The Hall–Kier alpha value is -2.43. The van der Waals surface area contributed by atoms with E-state index in [9.17, 15) is 14.1 Å². The summed E-state index contributed by atoms with van der Waals surface area (Å²) < 4.78 is 24.0. The number of hydrogen-bond donors (Lipinski definition) is 3. The maximum atomic E-state index is 13.1. The lowest BCUT2D eigenvalue weighted by molar-refractivity contribution is 0.224. The van der Waals surface area contributed by atoms with Crippen molar-refractivity contribution in [2.45, 2.75) is 63.0 Å². The monoisotopic (exact) mass is 431 g/mol. The number of aliphatic hydroxyl groups is 1. The molecule has 1 aromatic heterocycles. The molecule has 1 aliphatic heterocycles. The Kier molecular flexibility index (Phi) is 4.79. The third kappa shape index (κ3) is 3.10. The fourth-order valence-electron chi connectivity index (χ4n) is 4.96. The van der Waals surface area contributed by atoms with Crippen LogP contribution in [0.2, 0.25) is 0 Å². The number of carbonyl (C=O) groups excluding carboxylic acids is 1. The van der Waals surface area contributed by atoms with Crippen molar-refractivity contribution in [3.8, 4) is 5.88 Å². The number of fused-ring (bicyclic) bond motifs is 3.